The molecule has 0 unspecified atom stereocenters. The first kappa shape index (κ1) is 50.9. The number of carboxylic acid groups (broad SMARTS) is 5. The molecule has 13 nitrogen and oxygen atoms in total. The van der Waals surface area contributed by atoms with E-state index in [4.69, 9.17) is 61.0 Å². The summed E-state index contributed by atoms with van der Waals surface area (Å²) in [7, 11) is 0. The van der Waals surface area contributed by atoms with E-state index in [0.717, 1.165) is 47.7 Å². The number of nitrogens with one attached hydrogen (secondary N) is 1. The topological polar surface area (TPSA) is 251 Å². The molecule has 0 aromatic carbocycles. The van der Waals surface area contributed by atoms with Crippen LogP contribution in [-0.2, 0) is 41.0 Å². The summed E-state index contributed by atoms with van der Waals surface area (Å²) in [5.41, 5.74) is 10.3. The summed E-state index contributed by atoms with van der Waals surface area (Å²) in [4.78, 5) is 45.0. The number of carboxylic acids is 5. The van der Waals surface area contributed by atoms with Crippen LogP contribution < -0.4 is 16.8 Å². The first-order valence-corrected chi connectivity index (χ1v) is 7.16. The minimum absolute atomic E-state index is 0. The monoisotopic (exact) mass is 483 g/mol. The van der Waals surface area contributed by atoms with Crippen molar-refractivity contribution in [2.24, 2.45) is 11.5 Å². The van der Waals surface area contributed by atoms with E-state index < -0.39 is 29.8 Å². The Kier molecular flexibility index (Phi) is 88.6. The van der Waals surface area contributed by atoms with E-state index >= 15 is 0 Å². The molecule has 0 radical (unpaired) electrons. The van der Waals surface area contributed by atoms with Gasteiger partial charge in [0, 0.05) is 77.9 Å². The van der Waals surface area contributed by atoms with Crippen LogP contribution in [0.3, 0.4) is 0 Å². The summed E-state index contributed by atoms with van der Waals surface area (Å²) in [5.74, 6) is -4.17. The van der Waals surface area contributed by atoms with Crippen molar-refractivity contribution in [2.45, 2.75) is 34.6 Å². The number of hydrogen-bond donors (Lipinski definition) is 8. The second-order valence-electron chi connectivity index (χ2n) is 3.92. The van der Waals surface area contributed by atoms with E-state index in [0.29, 0.717) is 13.1 Å². The molecule has 0 rings (SSSR count). The number of nitrogens with two attached hydrogens (primary N) is 2. The third-order valence-electron chi connectivity index (χ3n) is 0.642. The molecule has 15 heteroatoms. The molecule has 0 atom stereocenters. The molecule has 0 saturated carbocycles. The molecule has 0 aromatic heterocycles. The van der Waals surface area contributed by atoms with Crippen molar-refractivity contribution in [2.75, 3.05) is 26.2 Å². The van der Waals surface area contributed by atoms with Crippen molar-refractivity contribution in [3.8, 4) is 0 Å². The maximum absolute atomic E-state index is 9.00. The fourth-order valence-corrected chi connectivity index (χ4v) is 0.329. The number of hydrogen-bond acceptors (Lipinski definition) is 8. The van der Waals surface area contributed by atoms with Gasteiger partial charge in [-0.05, 0) is 0 Å². The molecule has 174 valence electrons. The summed E-state index contributed by atoms with van der Waals surface area (Å²) < 4.78 is 0. The van der Waals surface area contributed by atoms with Gasteiger partial charge < -0.3 is 42.3 Å². The Morgan fingerprint density at radius 2 is 0.690 bits per heavy atom. The van der Waals surface area contributed by atoms with Crippen LogP contribution in [0.2, 0.25) is 0 Å². The molecule has 0 heterocycles. The Labute approximate surface area is 203 Å². The van der Waals surface area contributed by atoms with Gasteiger partial charge >= 0.3 is 29.6 Å². The van der Waals surface area contributed by atoms with Crippen molar-refractivity contribution < 1.29 is 66.6 Å². The van der Waals surface area contributed by atoms with Crippen molar-refractivity contribution in [1.82, 2.24) is 5.32 Å². The Hall–Kier alpha value is -1.25. The molecule has 10 N–H and O–H groups in total. The third-order valence-corrected chi connectivity index (χ3v) is 0.642. The van der Waals surface area contributed by atoms with E-state index in [-0.39, 0.29) is 46.6 Å². The van der Waals surface area contributed by atoms with Gasteiger partial charge in [0.1, 0.15) is 0 Å². The molecule has 0 aromatic rings. The van der Waals surface area contributed by atoms with Gasteiger partial charge in [0.05, 0.1) is 0 Å². The van der Waals surface area contributed by atoms with Crippen molar-refractivity contribution in [3.05, 3.63) is 0 Å². The molecule has 0 bridgehead atoms. The second kappa shape index (κ2) is 50.5. The van der Waals surface area contributed by atoms with Crippen LogP contribution in [0.1, 0.15) is 34.6 Å². The van der Waals surface area contributed by atoms with Crippen LogP contribution >= 0.6 is 0 Å². The van der Waals surface area contributed by atoms with Gasteiger partial charge in [-0.15, -0.1) is 0 Å². The van der Waals surface area contributed by atoms with Gasteiger partial charge in [0.25, 0.3) is 29.8 Å². The molecular formula is C14H34FeN3NaO10. The van der Waals surface area contributed by atoms with E-state index in [1.807, 2.05) is 0 Å². The second-order valence-corrected chi connectivity index (χ2v) is 3.92. The van der Waals surface area contributed by atoms with Gasteiger partial charge in [0.2, 0.25) is 0 Å². The SMILES string of the molecule is CC(=O)O.CC(=O)O.CC(=O)O.CC(=O)O.CC(=O)O.NCCNCCN.[Fe].[NaH]. The molecule has 0 fully saturated rings. The molecule has 0 spiro atoms. The standard InChI is InChI=1S/C4H13N3.5C2H4O2.Fe.Na.H/c5-1-3-7-4-2-6;5*1-2(3)4;;;/h7H,1-6H2;5*1H3,(H,3,4);;;. The van der Waals surface area contributed by atoms with Crippen LogP contribution in [-0.4, -0.2) is 111 Å². The molecule has 0 aliphatic carbocycles. The first-order chi connectivity index (χ1) is 12.1. The summed E-state index contributed by atoms with van der Waals surface area (Å²) in [5, 5.41) is 40.1. The zero-order chi connectivity index (χ0) is 23.4. The Morgan fingerprint density at radius 3 is 0.759 bits per heavy atom. The molecule has 0 amide bonds. The van der Waals surface area contributed by atoms with Gasteiger partial charge in [0.15, 0.2) is 0 Å². The fourth-order valence-electron chi connectivity index (χ4n) is 0.329. The van der Waals surface area contributed by atoms with Crippen LogP contribution in [0.5, 0.6) is 0 Å². The van der Waals surface area contributed by atoms with E-state index in [1.165, 1.54) is 0 Å². The Balaban J connectivity index is -0.0000000305. The van der Waals surface area contributed by atoms with Crippen LogP contribution in [0.25, 0.3) is 0 Å². The first-order valence-electron chi connectivity index (χ1n) is 7.16. The average Bonchev–Trinajstić information content (AvgIpc) is 2.35. The van der Waals surface area contributed by atoms with Gasteiger partial charge in [-0.1, -0.05) is 0 Å². The van der Waals surface area contributed by atoms with Crippen molar-refractivity contribution in [3.63, 3.8) is 0 Å². The van der Waals surface area contributed by atoms with E-state index in [9.17, 15) is 0 Å². The van der Waals surface area contributed by atoms with Crippen LogP contribution in [0.15, 0.2) is 0 Å². The maximum atomic E-state index is 9.00. The molecule has 0 aliphatic rings. The zero-order valence-corrected chi connectivity index (χ0v) is 17.7. The normalized spacial score (nSPS) is 6.59. The molecule has 0 aliphatic heterocycles. The fraction of sp³-hybridized carbons (Fsp3) is 0.643. The summed E-state index contributed by atoms with van der Waals surface area (Å²) in [6, 6.07) is 0. The van der Waals surface area contributed by atoms with Crippen LogP contribution in [0.4, 0.5) is 0 Å². The predicted octanol–water partition coefficient (Wildman–Crippen LogP) is -1.70. The van der Waals surface area contributed by atoms with Crippen molar-refractivity contribution in [1.29, 1.82) is 0 Å². The number of aliphatic carboxylic acids is 5. The molecule has 29 heavy (non-hydrogen) atoms. The Bertz CT molecular complexity index is 295. The van der Waals surface area contributed by atoms with Gasteiger partial charge in [-0.2, -0.15) is 0 Å². The number of rotatable bonds is 4. The van der Waals surface area contributed by atoms with Gasteiger partial charge in [-0.3, -0.25) is 24.0 Å². The summed E-state index contributed by atoms with van der Waals surface area (Å²) in [6.07, 6.45) is 0. The predicted molar refractivity (Wildman–Crippen MR) is 105 cm³/mol. The average molecular weight is 483 g/mol. The van der Waals surface area contributed by atoms with Gasteiger partial charge in [-0.25, -0.2) is 0 Å². The van der Waals surface area contributed by atoms with E-state index in [2.05, 4.69) is 5.32 Å². The van der Waals surface area contributed by atoms with E-state index in [1.54, 1.807) is 0 Å². The zero-order valence-electron chi connectivity index (χ0n) is 16.6. The quantitative estimate of drug-likeness (QED) is 0.164. The molecule has 0 saturated heterocycles. The Morgan fingerprint density at radius 1 is 0.586 bits per heavy atom. The minimum atomic E-state index is -0.833. The van der Waals surface area contributed by atoms with Crippen LogP contribution in [0, 0.1) is 0 Å². The third kappa shape index (κ3) is 2170. The summed E-state index contributed by atoms with van der Waals surface area (Å²) >= 11 is 0. The molecular weight excluding hydrogens is 449 g/mol. The summed E-state index contributed by atoms with van der Waals surface area (Å²) in [6.45, 7) is 8.55. The van der Waals surface area contributed by atoms with Crippen molar-refractivity contribution >= 4 is 59.4 Å². The number of carbonyl (C=O) groups is 5.